The molecule has 2 aromatic heterocycles. The lowest BCUT2D eigenvalue weighted by atomic mass is 10.2. The van der Waals surface area contributed by atoms with Crippen LogP contribution in [0.5, 0.6) is 0 Å². The van der Waals surface area contributed by atoms with E-state index in [0.717, 1.165) is 0 Å². The molecule has 0 saturated heterocycles. The highest BCUT2D eigenvalue weighted by Crippen LogP contribution is 2.13. The minimum absolute atomic E-state index is 0.271. The van der Waals surface area contributed by atoms with Gasteiger partial charge in [-0.2, -0.15) is 0 Å². The second-order valence-electron chi connectivity index (χ2n) is 5.02. The van der Waals surface area contributed by atoms with Gasteiger partial charge in [-0.3, -0.25) is 4.99 Å². The highest BCUT2D eigenvalue weighted by Gasteiger charge is 2.11. The summed E-state index contributed by atoms with van der Waals surface area (Å²) >= 11 is 0. The van der Waals surface area contributed by atoms with E-state index in [2.05, 4.69) is 25.3 Å². The lowest BCUT2D eigenvalue weighted by Crippen LogP contribution is -2.15. The number of nitrogens with one attached hydrogen (secondary N) is 1. The van der Waals surface area contributed by atoms with E-state index in [0.29, 0.717) is 28.7 Å². The van der Waals surface area contributed by atoms with Gasteiger partial charge in [-0.05, 0) is 18.2 Å². The lowest BCUT2D eigenvalue weighted by Gasteiger charge is -2.09. The second kappa shape index (κ2) is 7.96. The van der Waals surface area contributed by atoms with Crippen LogP contribution in [0.25, 0.3) is 5.70 Å². The summed E-state index contributed by atoms with van der Waals surface area (Å²) in [7, 11) is 1.65. The number of aromatic nitrogens is 3. The van der Waals surface area contributed by atoms with E-state index in [1.54, 1.807) is 49.8 Å². The number of benzene rings is 1. The molecule has 7 heteroatoms. The fraction of sp³-hybridized carbons (Fsp3) is 0.111. The van der Waals surface area contributed by atoms with Crippen molar-refractivity contribution in [2.24, 2.45) is 4.99 Å². The van der Waals surface area contributed by atoms with Crippen molar-refractivity contribution < 1.29 is 8.81 Å². The average Bonchev–Trinajstić information content (AvgIpc) is 3.18. The smallest absolute Gasteiger partial charge is 0.242 e. The molecule has 0 aliphatic carbocycles. The number of hydrogen-bond acceptors (Lipinski definition) is 6. The minimum atomic E-state index is -0.280. The zero-order chi connectivity index (χ0) is 17.5. The predicted octanol–water partition coefficient (Wildman–Crippen LogP) is 2.85. The summed E-state index contributed by atoms with van der Waals surface area (Å²) in [4.78, 5) is 16.7. The molecule has 25 heavy (non-hydrogen) atoms. The van der Waals surface area contributed by atoms with Gasteiger partial charge < -0.3 is 9.73 Å². The normalized spacial score (nSPS) is 12.2. The van der Waals surface area contributed by atoms with Gasteiger partial charge in [0, 0.05) is 31.5 Å². The fourth-order valence-electron chi connectivity index (χ4n) is 2.17. The molecule has 1 N–H and O–H groups in total. The molecular formula is C18H16FN5O. The number of halogens is 1. The molecule has 3 rings (SSSR count). The Morgan fingerprint density at radius 1 is 1.16 bits per heavy atom. The first-order valence-corrected chi connectivity index (χ1v) is 7.61. The summed E-state index contributed by atoms with van der Waals surface area (Å²) in [6.45, 7) is 0.271. The molecule has 0 aliphatic rings. The molecule has 6 nitrogen and oxygen atoms in total. The monoisotopic (exact) mass is 337 g/mol. The number of aliphatic imine (C=N–C) groups is 1. The topological polar surface area (TPSA) is 76.2 Å². The van der Waals surface area contributed by atoms with Gasteiger partial charge >= 0.3 is 0 Å². The zero-order valence-electron chi connectivity index (χ0n) is 13.6. The van der Waals surface area contributed by atoms with E-state index in [9.17, 15) is 4.39 Å². The molecule has 0 amide bonds. The molecule has 0 unspecified atom stereocenters. The summed E-state index contributed by atoms with van der Waals surface area (Å²) in [5.41, 5.74) is 1.64. The van der Waals surface area contributed by atoms with Crippen LogP contribution in [0.15, 0.2) is 70.7 Å². The standard InChI is InChI=1S/C18H16FN5O/c1-20-15(17-21-7-4-8-22-17)11-16(18-23-9-10-25-18)24-12-13-5-2-3-6-14(13)19/h2-11,24H,12H2,1H3/b16-11-,20-15?. The fourth-order valence-corrected chi connectivity index (χ4v) is 2.17. The van der Waals surface area contributed by atoms with Crippen molar-refractivity contribution in [3.63, 3.8) is 0 Å². The van der Waals surface area contributed by atoms with Crippen LogP contribution in [-0.4, -0.2) is 27.7 Å². The number of allylic oxidation sites excluding steroid dienone is 1. The van der Waals surface area contributed by atoms with Crippen molar-refractivity contribution >= 4 is 11.4 Å². The highest BCUT2D eigenvalue weighted by atomic mass is 19.1. The van der Waals surface area contributed by atoms with Crippen LogP contribution < -0.4 is 5.32 Å². The van der Waals surface area contributed by atoms with Crippen molar-refractivity contribution in [1.82, 2.24) is 20.3 Å². The number of nitrogens with zero attached hydrogens (tertiary/aromatic N) is 4. The van der Waals surface area contributed by atoms with Crippen LogP contribution in [0.4, 0.5) is 4.39 Å². The quantitative estimate of drug-likeness (QED) is 0.700. The molecule has 0 aliphatic heterocycles. The Morgan fingerprint density at radius 3 is 2.64 bits per heavy atom. The van der Waals surface area contributed by atoms with Crippen molar-refractivity contribution in [1.29, 1.82) is 0 Å². The van der Waals surface area contributed by atoms with Crippen LogP contribution in [0.2, 0.25) is 0 Å². The molecule has 0 radical (unpaired) electrons. The molecule has 0 atom stereocenters. The maximum atomic E-state index is 13.8. The summed E-state index contributed by atoms with van der Waals surface area (Å²) in [6.07, 6.45) is 8.01. The Hall–Kier alpha value is -3.35. The maximum Gasteiger partial charge on any atom is 0.242 e. The Kier molecular flexibility index (Phi) is 5.26. The van der Waals surface area contributed by atoms with Crippen LogP contribution >= 0.6 is 0 Å². The summed E-state index contributed by atoms with van der Waals surface area (Å²) < 4.78 is 19.2. The van der Waals surface area contributed by atoms with E-state index >= 15 is 0 Å². The first-order chi connectivity index (χ1) is 12.3. The van der Waals surface area contributed by atoms with Crippen LogP contribution in [0.1, 0.15) is 17.3 Å². The lowest BCUT2D eigenvalue weighted by molar-refractivity contribution is 0.534. The Balaban J connectivity index is 1.89. The largest absolute Gasteiger partial charge is 0.443 e. The molecule has 0 bridgehead atoms. The third-order valence-corrected chi connectivity index (χ3v) is 3.41. The molecule has 1 aromatic carbocycles. The van der Waals surface area contributed by atoms with E-state index in [-0.39, 0.29) is 12.4 Å². The first kappa shape index (κ1) is 16.5. The molecule has 0 saturated carbocycles. The number of oxazole rings is 1. The first-order valence-electron chi connectivity index (χ1n) is 7.61. The van der Waals surface area contributed by atoms with Crippen LogP contribution in [0.3, 0.4) is 0 Å². The van der Waals surface area contributed by atoms with Crippen LogP contribution in [0, 0.1) is 5.82 Å². The van der Waals surface area contributed by atoms with Gasteiger partial charge in [0.05, 0.1) is 6.20 Å². The third kappa shape index (κ3) is 4.14. The van der Waals surface area contributed by atoms with E-state index in [1.807, 2.05) is 0 Å². The zero-order valence-corrected chi connectivity index (χ0v) is 13.6. The molecule has 2 heterocycles. The van der Waals surface area contributed by atoms with Crippen molar-refractivity contribution in [3.8, 4) is 0 Å². The SMILES string of the molecule is CN=C(/C=C(\NCc1ccccc1F)c1ncco1)c1ncccn1. The van der Waals surface area contributed by atoms with Gasteiger partial charge in [0.2, 0.25) is 5.89 Å². The van der Waals surface area contributed by atoms with Gasteiger partial charge in [0.15, 0.2) is 5.82 Å². The molecule has 126 valence electrons. The molecule has 3 aromatic rings. The van der Waals surface area contributed by atoms with Crippen molar-refractivity contribution in [3.05, 3.63) is 84.4 Å². The van der Waals surface area contributed by atoms with Gasteiger partial charge in [0.1, 0.15) is 23.5 Å². The maximum absolute atomic E-state index is 13.8. The van der Waals surface area contributed by atoms with Crippen molar-refractivity contribution in [2.45, 2.75) is 6.54 Å². The minimum Gasteiger partial charge on any atom is -0.443 e. The van der Waals surface area contributed by atoms with E-state index in [4.69, 9.17) is 4.42 Å². The van der Waals surface area contributed by atoms with Crippen LogP contribution in [-0.2, 0) is 6.54 Å². The summed E-state index contributed by atoms with van der Waals surface area (Å²) in [5, 5.41) is 3.14. The Labute approximate surface area is 144 Å². The van der Waals surface area contributed by atoms with E-state index in [1.165, 1.54) is 18.5 Å². The number of rotatable bonds is 6. The highest BCUT2D eigenvalue weighted by molar-refractivity contribution is 6.09. The van der Waals surface area contributed by atoms with Gasteiger partial charge in [-0.1, -0.05) is 18.2 Å². The van der Waals surface area contributed by atoms with E-state index < -0.39 is 0 Å². The summed E-state index contributed by atoms with van der Waals surface area (Å²) in [5.74, 6) is 0.563. The Bertz CT molecular complexity index is 876. The van der Waals surface area contributed by atoms with Gasteiger partial charge in [-0.25, -0.2) is 19.3 Å². The Morgan fingerprint density at radius 2 is 1.96 bits per heavy atom. The summed E-state index contributed by atoms with van der Waals surface area (Å²) in [6, 6.07) is 8.29. The van der Waals surface area contributed by atoms with Crippen molar-refractivity contribution in [2.75, 3.05) is 7.05 Å². The third-order valence-electron chi connectivity index (χ3n) is 3.41. The second-order valence-corrected chi connectivity index (χ2v) is 5.02. The molecule has 0 spiro atoms. The number of hydrogen-bond donors (Lipinski definition) is 1. The molecule has 0 fully saturated rings. The van der Waals surface area contributed by atoms with Gasteiger partial charge in [-0.15, -0.1) is 0 Å². The average molecular weight is 337 g/mol. The predicted molar refractivity (Wildman–Crippen MR) is 92.2 cm³/mol. The van der Waals surface area contributed by atoms with Gasteiger partial charge in [0.25, 0.3) is 0 Å². The molecular weight excluding hydrogens is 321 g/mol.